The van der Waals surface area contributed by atoms with Crippen LogP contribution in [0, 0.1) is 0 Å². The molecule has 1 amide bonds. The van der Waals surface area contributed by atoms with E-state index in [2.05, 4.69) is 25.0 Å². The molecule has 2 heterocycles. The topological polar surface area (TPSA) is 147 Å². The molecule has 0 unspecified atom stereocenters. The number of hydrogen-bond donors (Lipinski definition) is 2. The van der Waals surface area contributed by atoms with Crippen molar-refractivity contribution in [3.8, 4) is 11.5 Å². The third-order valence-corrected chi connectivity index (χ3v) is 7.01. The fourth-order valence-corrected chi connectivity index (χ4v) is 4.92. The Hall–Kier alpha value is -4.26. The molecule has 196 valence electrons. The molecule has 12 nitrogen and oxygen atoms in total. The molecule has 0 aliphatic heterocycles. The molecule has 2 aromatic carbocycles. The Morgan fingerprint density at radius 2 is 1.81 bits per heavy atom. The molecule has 4 rings (SSSR count). The van der Waals surface area contributed by atoms with Crippen molar-refractivity contribution < 1.29 is 31.9 Å². The molecule has 0 saturated carbocycles. The Bertz CT molecular complexity index is 1530. The first-order valence-electron chi connectivity index (χ1n) is 11.3. The zero-order valence-electron chi connectivity index (χ0n) is 20.8. The molecule has 0 spiro atoms. The van der Waals surface area contributed by atoms with Gasteiger partial charge in [-0.05, 0) is 41.8 Å². The molecule has 0 aliphatic rings. The van der Waals surface area contributed by atoms with E-state index in [9.17, 15) is 13.2 Å². The van der Waals surface area contributed by atoms with Gasteiger partial charge in [0, 0.05) is 18.3 Å². The Kier molecular flexibility index (Phi) is 7.53. The highest BCUT2D eigenvalue weighted by Crippen LogP contribution is 2.36. The highest BCUT2D eigenvalue weighted by molar-refractivity contribution is 7.92. The number of benzene rings is 2. The number of amides is 1. The zero-order chi connectivity index (χ0) is 26.6. The molecule has 2 N–H and O–H groups in total. The molecule has 4 aromatic rings. The molecule has 0 bridgehead atoms. The Morgan fingerprint density at radius 3 is 2.51 bits per heavy atom. The van der Waals surface area contributed by atoms with Crippen LogP contribution in [-0.4, -0.2) is 50.8 Å². The number of ether oxygens (including phenoxy) is 3. The number of methoxy groups -OCH3 is 3. The SMILES string of the molecule is CCc1ccc(S(=O)(=O)Nc2noc3cc(Cn4cc(CNC(=O)OC)cn4)cc(OC)c23)c(OC)c1. The van der Waals surface area contributed by atoms with Gasteiger partial charge in [-0.25, -0.2) is 13.2 Å². The van der Waals surface area contributed by atoms with Crippen LogP contribution in [0.4, 0.5) is 10.6 Å². The number of rotatable bonds is 10. The fourth-order valence-electron chi connectivity index (χ4n) is 3.77. The predicted octanol–water partition coefficient (Wildman–Crippen LogP) is 3.31. The van der Waals surface area contributed by atoms with Crippen molar-refractivity contribution in [2.45, 2.75) is 31.3 Å². The minimum atomic E-state index is -4.04. The average Bonchev–Trinajstić information content (AvgIpc) is 3.52. The summed E-state index contributed by atoms with van der Waals surface area (Å²) in [7, 11) is 0.143. The monoisotopic (exact) mass is 529 g/mol. The molecule has 0 fully saturated rings. The molecule has 0 saturated heterocycles. The fraction of sp³-hybridized carbons (Fsp3) is 0.292. The lowest BCUT2D eigenvalue weighted by Gasteiger charge is -2.12. The molecule has 13 heteroatoms. The van der Waals surface area contributed by atoms with Gasteiger partial charge < -0.3 is 24.1 Å². The van der Waals surface area contributed by atoms with E-state index >= 15 is 0 Å². The number of alkyl carbamates (subject to hydrolysis) is 1. The van der Waals surface area contributed by atoms with Crippen LogP contribution >= 0.6 is 0 Å². The van der Waals surface area contributed by atoms with E-state index in [1.165, 1.54) is 27.4 Å². The van der Waals surface area contributed by atoms with E-state index in [1.54, 1.807) is 41.3 Å². The number of fused-ring (bicyclic) bond motifs is 1. The number of carbonyl (C=O) groups is 1. The smallest absolute Gasteiger partial charge is 0.407 e. The molecule has 0 aliphatic carbocycles. The van der Waals surface area contributed by atoms with Crippen molar-refractivity contribution in [1.82, 2.24) is 20.3 Å². The number of nitrogens with one attached hydrogen (secondary N) is 2. The van der Waals surface area contributed by atoms with Gasteiger partial charge in [-0.15, -0.1) is 0 Å². The Morgan fingerprint density at radius 1 is 1.05 bits per heavy atom. The summed E-state index contributed by atoms with van der Waals surface area (Å²) in [4.78, 5) is 11.2. The van der Waals surface area contributed by atoms with Gasteiger partial charge in [0.05, 0.1) is 34.1 Å². The van der Waals surface area contributed by atoms with Gasteiger partial charge in [-0.3, -0.25) is 9.40 Å². The number of sulfonamides is 1. The normalized spacial score (nSPS) is 11.4. The Balaban J connectivity index is 1.59. The first kappa shape index (κ1) is 25.8. The summed E-state index contributed by atoms with van der Waals surface area (Å²) in [6.45, 7) is 2.61. The van der Waals surface area contributed by atoms with Gasteiger partial charge in [-0.1, -0.05) is 18.1 Å². The molecule has 37 heavy (non-hydrogen) atoms. The second-order valence-electron chi connectivity index (χ2n) is 8.04. The largest absolute Gasteiger partial charge is 0.496 e. The van der Waals surface area contributed by atoms with Crippen molar-refractivity contribution >= 4 is 32.9 Å². The summed E-state index contributed by atoms with van der Waals surface area (Å²) in [6.07, 6.45) is 3.62. The van der Waals surface area contributed by atoms with E-state index in [1.807, 2.05) is 6.92 Å². The number of aromatic nitrogens is 3. The lowest BCUT2D eigenvalue weighted by Crippen LogP contribution is -2.21. The second kappa shape index (κ2) is 10.8. The van der Waals surface area contributed by atoms with Crippen molar-refractivity contribution in [3.63, 3.8) is 0 Å². The van der Waals surface area contributed by atoms with Gasteiger partial charge in [0.25, 0.3) is 10.0 Å². The maximum Gasteiger partial charge on any atom is 0.407 e. The van der Waals surface area contributed by atoms with Crippen LogP contribution in [0.5, 0.6) is 11.5 Å². The number of carbonyl (C=O) groups excluding carboxylic acids is 1. The summed E-state index contributed by atoms with van der Waals surface area (Å²) in [6, 6.07) is 8.40. The Labute approximate surface area is 213 Å². The van der Waals surface area contributed by atoms with Crippen LogP contribution in [0.15, 0.2) is 52.1 Å². The van der Waals surface area contributed by atoms with Crippen molar-refractivity contribution in [2.75, 3.05) is 26.1 Å². The minimum absolute atomic E-state index is 0.00437. The first-order chi connectivity index (χ1) is 17.8. The van der Waals surface area contributed by atoms with E-state index in [4.69, 9.17) is 14.0 Å². The van der Waals surface area contributed by atoms with Crippen molar-refractivity contribution in [1.29, 1.82) is 0 Å². The summed E-state index contributed by atoms with van der Waals surface area (Å²) in [5.74, 6) is 0.601. The highest BCUT2D eigenvalue weighted by Gasteiger charge is 2.24. The minimum Gasteiger partial charge on any atom is -0.496 e. The van der Waals surface area contributed by atoms with Crippen LogP contribution in [0.25, 0.3) is 11.0 Å². The van der Waals surface area contributed by atoms with Gasteiger partial charge in [0.1, 0.15) is 21.8 Å². The van der Waals surface area contributed by atoms with E-state index < -0.39 is 16.1 Å². The van der Waals surface area contributed by atoms with Crippen LogP contribution in [-0.2, 0) is 34.3 Å². The number of nitrogens with zero attached hydrogens (tertiary/aromatic N) is 3. The van der Waals surface area contributed by atoms with Crippen LogP contribution < -0.4 is 19.5 Å². The summed E-state index contributed by atoms with van der Waals surface area (Å²) >= 11 is 0. The summed E-state index contributed by atoms with van der Waals surface area (Å²) < 4.78 is 51.4. The van der Waals surface area contributed by atoms with Gasteiger partial charge in [0.2, 0.25) is 0 Å². The van der Waals surface area contributed by atoms with E-state index in [-0.39, 0.29) is 23.0 Å². The summed E-state index contributed by atoms with van der Waals surface area (Å²) in [5, 5.41) is 11.2. The molecule has 0 atom stereocenters. The predicted molar refractivity (Wildman–Crippen MR) is 134 cm³/mol. The third kappa shape index (κ3) is 5.61. The lowest BCUT2D eigenvalue weighted by molar-refractivity contribution is 0.170. The van der Waals surface area contributed by atoms with Gasteiger partial charge >= 0.3 is 6.09 Å². The van der Waals surface area contributed by atoms with Gasteiger partial charge in [0.15, 0.2) is 11.4 Å². The lowest BCUT2D eigenvalue weighted by atomic mass is 10.1. The van der Waals surface area contributed by atoms with Crippen molar-refractivity contribution in [3.05, 3.63) is 59.4 Å². The third-order valence-electron chi connectivity index (χ3n) is 5.63. The maximum absolute atomic E-state index is 13.2. The molecular formula is C24H27N5O7S. The highest BCUT2D eigenvalue weighted by atomic mass is 32.2. The van der Waals surface area contributed by atoms with Crippen LogP contribution in [0.3, 0.4) is 0 Å². The number of anilines is 1. The maximum atomic E-state index is 13.2. The number of aryl methyl sites for hydroxylation is 1. The zero-order valence-corrected chi connectivity index (χ0v) is 21.6. The van der Waals surface area contributed by atoms with Crippen LogP contribution in [0.1, 0.15) is 23.6 Å². The first-order valence-corrected chi connectivity index (χ1v) is 12.8. The van der Waals surface area contributed by atoms with E-state index in [0.29, 0.717) is 23.3 Å². The average molecular weight is 530 g/mol. The van der Waals surface area contributed by atoms with Gasteiger partial charge in [-0.2, -0.15) is 5.10 Å². The molecule has 2 aromatic heterocycles. The molecule has 0 radical (unpaired) electrons. The number of hydrogen-bond acceptors (Lipinski definition) is 9. The van der Waals surface area contributed by atoms with E-state index in [0.717, 1.165) is 23.1 Å². The summed E-state index contributed by atoms with van der Waals surface area (Å²) in [5.41, 5.74) is 2.85. The molecular weight excluding hydrogens is 502 g/mol. The standard InChI is InChI=1S/C24H27N5O7S/c1-5-15-6-7-21(18(8-15)33-2)37(31,32)28-23-22-19(34-3)9-16(10-20(22)36-27-23)13-29-14-17(12-26-29)11-25-24(30)35-4/h6-10,12,14H,5,11,13H2,1-4H3,(H,25,30)(H,27,28). The van der Waals surface area contributed by atoms with Crippen molar-refractivity contribution in [2.24, 2.45) is 0 Å². The quantitative estimate of drug-likeness (QED) is 0.316. The van der Waals surface area contributed by atoms with Crippen LogP contribution in [0.2, 0.25) is 0 Å². The second-order valence-corrected chi connectivity index (χ2v) is 9.69.